The molecule has 0 aliphatic carbocycles. The van der Waals surface area contributed by atoms with Gasteiger partial charge < -0.3 is 14.9 Å². The van der Waals surface area contributed by atoms with Crippen LogP contribution in [0, 0.1) is 5.92 Å². The van der Waals surface area contributed by atoms with Gasteiger partial charge in [0.15, 0.2) is 5.84 Å². The second kappa shape index (κ2) is 7.67. The van der Waals surface area contributed by atoms with Crippen LogP contribution in [-0.4, -0.2) is 67.2 Å². The summed E-state index contributed by atoms with van der Waals surface area (Å²) in [6.45, 7) is 3.05. The van der Waals surface area contributed by atoms with Crippen LogP contribution in [0.15, 0.2) is 33.6 Å². The monoisotopic (exact) mass is 393 g/mol. The van der Waals surface area contributed by atoms with Crippen LogP contribution in [0.3, 0.4) is 0 Å². The minimum Gasteiger partial charge on any atom is -0.480 e. The molecule has 146 valence electrons. The molecule has 1 aromatic carbocycles. The van der Waals surface area contributed by atoms with Crippen molar-refractivity contribution in [1.82, 2.24) is 9.80 Å². The van der Waals surface area contributed by atoms with Crippen molar-refractivity contribution >= 4 is 27.7 Å². The van der Waals surface area contributed by atoms with Crippen molar-refractivity contribution < 1.29 is 23.1 Å². The summed E-state index contributed by atoms with van der Waals surface area (Å²) < 4.78 is 28.4. The molecule has 8 nitrogen and oxygen atoms in total. The molecule has 27 heavy (non-hydrogen) atoms. The molecule has 0 saturated carbocycles. The summed E-state index contributed by atoms with van der Waals surface area (Å²) in [4.78, 5) is 27.2. The second-order valence-corrected chi connectivity index (χ2v) is 8.37. The van der Waals surface area contributed by atoms with E-state index >= 15 is 0 Å². The lowest BCUT2D eigenvalue weighted by atomic mass is 9.94. The van der Waals surface area contributed by atoms with Crippen LogP contribution >= 0.6 is 0 Å². The van der Waals surface area contributed by atoms with Crippen LogP contribution in [-0.2, 0) is 19.6 Å². The number of carboxylic acid groups (broad SMARTS) is 1. The molecule has 3 rings (SSSR count). The standard InChI is InChI=1S/C18H23N3O5S/c1-2-9-21(12-16(22)23)18(24)13-7-10-20(11-8-13)17-14-5-3-4-6-15(14)27(25,26)19-17/h3-6,13H,2,7-12H2,1H3,(H,22,23). The fraction of sp³-hybridized carbons (Fsp3) is 0.500. The predicted molar refractivity (Wildman–Crippen MR) is 99.0 cm³/mol. The van der Waals surface area contributed by atoms with E-state index in [9.17, 15) is 18.0 Å². The van der Waals surface area contributed by atoms with Crippen molar-refractivity contribution in [2.45, 2.75) is 31.1 Å². The zero-order valence-electron chi connectivity index (χ0n) is 15.2. The number of amidine groups is 1. The quantitative estimate of drug-likeness (QED) is 0.805. The highest BCUT2D eigenvalue weighted by atomic mass is 32.2. The van der Waals surface area contributed by atoms with Gasteiger partial charge in [-0.15, -0.1) is 4.40 Å². The van der Waals surface area contributed by atoms with Crippen LogP contribution < -0.4 is 0 Å². The summed E-state index contributed by atoms with van der Waals surface area (Å²) in [5.41, 5.74) is 0.598. The Hall–Kier alpha value is -2.42. The Labute approximate surface area is 158 Å². The molecule has 1 amide bonds. The zero-order valence-corrected chi connectivity index (χ0v) is 16.0. The first kappa shape index (κ1) is 19.3. The number of hydrogen-bond donors (Lipinski definition) is 1. The molecule has 2 aliphatic rings. The average Bonchev–Trinajstić information content (AvgIpc) is 2.92. The van der Waals surface area contributed by atoms with Gasteiger partial charge in [0.2, 0.25) is 5.91 Å². The van der Waals surface area contributed by atoms with E-state index in [4.69, 9.17) is 5.11 Å². The molecule has 0 unspecified atom stereocenters. The third-order valence-electron chi connectivity index (χ3n) is 4.89. The van der Waals surface area contributed by atoms with Crippen molar-refractivity contribution in [2.75, 3.05) is 26.2 Å². The first-order valence-electron chi connectivity index (χ1n) is 9.03. The van der Waals surface area contributed by atoms with Gasteiger partial charge in [-0.2, -0.15) is 8.42 Å². The SMILES string of the molecule is CCCN(CC(=O)O)C(=O)C1CCN(C2=NS(=O)(=O)c3ccccc32)CC1. The van der Waals surface area contributed by atoms with E-state index in [1.54, 1.807) is 24.3 Å². The number of benzene rings is 1. The topological polar surface area (TPSA) is 107 Å². The highest BCUT2D eigenvalue weighted by Gasteiger charge is 2.35. The maximum Gasteiger partial charge on any atom is 0.323 e. The number of carboxylic acids is 1. The Balaban J connectivity index is 1.69. The largest absolute Gasteiger partial charge is 0.480 e. The van der Waals surface area contributed by atoms with Gasteiger partial charge in [-0.05, 0) is 31.4 Å². The van der Waals surface area contributed by atoms with E-state index in [0.717, 1.165) is 0 Å². The summed E-state index contributed by atoms with van der Waals surface area (Å²) in [6.07, 6.45) is 1.78. The number of carbonyl (C=O) groups is 2. The van der Waals surface area contributed by atoms with E-state index < -0.39 is 16.0 Å². The van der Waals surface area contributed by atoms with Crippen molar-refractivity contribution in [3.63, 3.8) is 0 Å². The van der Waals surface area contributed by atoms with Gasteiger partial charge in [-0.3, -0.25) is 9.59 Å². The molecule has 1 saturated heterocycles. The summed E-state index contributed by atoms with van der Waals surface area (Å²) in [5.74, 6) is -0.968. The number of fused-ring (bicyclic) bond motifs is 1. The molecule has 9 heteroatoms. The van der Waals surface area contributed by atoms with E-state index in [1.807, 2.05) is 11.8 Å². The van der Waals surface area contributed by atoms with E-state index in [0.29, 0.717) is 50.3 Å². The van der Waals surface area contributed by atoms with E-state index in [1.165, 1.54) is 4.90 Å². The van der Waals surface area contributed by atoms with Gasteiger partial charge in [-0.1, -0.05) is 19.1 Å². The molecule has 1 aromatic rings. The molecule has 2 aliphatic heterocycles. The average molecular weight is 393 g/mol. The predicted octanol–water partition coefficient (Wildman–Crippen LogP) is 1.17. The van der Waals surface area contributed by atoms with E-state index in [-0.39, 0.29) is 23.3 Å². The number of sulfonamides is 1. The van der Waals surface area contributed by atoms with Crippen molar-refractivity contribution in [3.8, 4) is 0 Å². The third kappa shape index (κ3) is 3.97. The molecule has 0 bridgehead atoms. The molecule has 1 N–H and O–H groups in total. The fourth-order valence-electron chi connectivity index (χ4n) is 3.61. The van der Waals surface area contributed by atoms with Gasteiger partial charge in [-0.25, -0.2) is 0 Å². The van der Waals surface area contributed by atoms with Crippen molar-refractivity contribution in [3.05, 3.63) is 29.8 Å². The summed E-state index contributed by atoms with van der Waals surface area (Å²) >= 11 is 0. The highest BCUT2D eigenvalue weighted by Crippen LogP contribution is 2.30. The Morgan fingerprint density at radius 1 is 1.26 bits per heavy atom. The van der Waals surface area contributed by atoms with Crippen molar-refractivity contribution in [1.29, 1.82) is 0 Å². The summed E-state index contributed by atoms with van der Waals surface area (Å²) in [5, 5.41) is 9.01. The Morgan fingerprint density at radius 2 is 1.93 bits per heavy atom. The number of amides is 1. The minimum atomic E-state index is -3.66. The molecule has 1 fully saturated rings. The molecular weight excluding hydrogens is 370 g/mol. The molecule has 0 radical (unpaired) electrons. The van der Waals surface area contributed by atoms with Gasteiger partial charge >= 0.3 is 5.97 Å². The van der Waals surface area contributed by atoms with Gasteiger partial charge in [0.1, 0.15) is 11.4 Å². The number of likely N-dealkylation sites (tertiary alicyclic amines) is 1. The molecule has 0 spiro atoms. The maximum absolute atomic E-state index is 12.7. The molecule has 0 aromatic heterocycles. The lowest BCUT2D eigenvalue weighted by Crippen LogP contribution is -2.45. The van der Waals surface area contributed by atoms with Crippen LogP contribution in [0.25, 0.3) is 0 Å². The van der Waals surface area contributed by atoms with Crippen LogP contribution in [0.5, 0.6) is 0 Å². The Bertz CT molecular complexity index is 873. The van der Waals surface area contributed by atoms with Crippen LogP contribution in [0.1, 0.15) is 31.7 Å². The smallest absolute Gasteiger partial charge is 0.323 e. The third-order valence-corrected chi connectivity index (χ3v) is 6.21. The number of hydrogen-bond acceptors (Lipinski definition) is 5. The van der Waals surface area contributed by atoms with Gasteiger partial charge in [0.25, 0.3) is 10.0 Å². The lowest BCUT2D eigenvalue weighted by Gasteiger charge is -2.34. The maximum atomic E-state index is 12.7. The van der Waals surface area contributed by atoms with Gasteiger partial charge in [0.05, 0.1) is 0 Å². The Morgan fingerprint density at radius 3 is 2.56 bits per heavy atom. The normalized spacial score (nSPS) is 18.7. The number of piperidine rings is 1. The number of aliphatic carboxylic acids is 1. The number of carbonyl (C=O) groups excluding carboxylic acids is 1. The first-order chi connectivity index (χ1) is 12.8. The van der Waals surface area contributed by atoms with Gasteiger partial charge in [0, 0.05) is 31.1 Å². The highest BCUT2D eigenvalue weighted by molar-refractivity contribution is 7.90. The second-order valence-electron chi connectivity index (χ2n) is 6.80. The minimum absolute atomic E-state index is 0.139. The zero-order chi connectivity index (χ0) is 19.6. The number of rotatable bonds is 5. The van der Waals surface area contributed by atoms with E-state index in [2.05, 4.69) is 4.40 Å². The lowest BCUT2D eigenvalue weighted by molar-refractivity contribution is -0.147. The molecule has 2 heterocycles. The summed E-state index contributed by atoms with van der Waals surface area (Å²) in [6, 6.07) is 6.74. The number of nitrogens with zero attached hydrogens (tertiary/aromatic N) is 3. The van der Waals surface area contributed by atoms with Crippen LogP contribution in [0.4, 0.5) is 0 Å². The molecular formula is C18H23N3O5S. The van der Waals surface area contributed by atoms with Crippen LogP contribution in [0.2, 0.25) is 0 Å². The molecule has 0 atom stereocenters. The summed E-state index contributed by atoms with van der Waals surface area (Å²) in [7, 11) is -3.66. The fourth-order valence-corrected chi connectivity index (χ4v) is 4.84. The first-order valence-corrected chi connectivity index (χ1v) is 10.5. The van der Waals surface area contributed by atoms with Crippen molar-refractivity contribution in [2.24, 2.45) is 10.3 Å². The Kier molecular flexibility index (Phi) is 5.50.